The van der Waals surface area contributed by atoms with E-state index in [2.05, 4.69) is 11.9 Å². The summed E-state index contributed by atoms with van der Waals surface area (Å²) >= 11 is 1.50. The number of aromatic nitrogens is 2. The molecule has 6 heteroatoms. The standard InChI is InChI=1S/C21H23N3O2S/c1-14-9-11-24(12-10-14)21(25)15(2)27-20-16-6-3-4-7-17(16)22-19(23-20)18-8-5-13-26-18/h3-8,13-15H,9-12H2,1-2H3. The summed E-state index contributed by atoms with van der Waals surface area (Å²) in [4.78, 5) is 24.2. The average molecular weight is 382 g/mol. The smallest absolute Gasteiger partial charge is 0.235 e. The van der Waals surface area contributed by atoms with E-state index in [0.29, 0.717) is 17.5 Å². The second-order valence-electron chi connectivity index (χ2n) is 7.11. The van der Waals surface area contributed by atoms with E-state index in [-0.39, 0.29) is 11.2 Å². The van der Waals surface area contributed by atoms with Gasteiger partial charge >= 0.3 is 0 Å². The van der Waals surface area contributed by atoms with E-state index in [9.17, 15) is 4.79 Å². The number of carbonyl (C=O) groups is 1. The molecule has 27 heavy (non-hydrogen) atoms. The van der Waals surface area contributed by atoms with Crippen molar-refractivity contribution < 1.29 is 9.21 Å². The van der Waals surface area contributed by atoms with Gasteiger partial charge in [0.1, 0.15) is 5.03 Å². The van der Waals surface area contributed by atoms with Crippen LogP contribution < -0.4 is 0 Å². The number of rotatable bonds is 4. The van der Waals surface area contributed by atoms with Crippen LogP contribution in [0.5, 0.6) is 0 Å². The lowest BCUT2D eigenvalue weighted by atomic mass is 9.99. The minimum Gasteiger partial charge on any atom is -0.461 e. The number of para-hydroxylation sites is 1. The summed E-state index contributed by atoms with van der Waals surface area (Å²) in [5.41, 5.74) is 0.854. The quantitative estimate of drug-likeness (QED) is 0.487. The lowest BCUT2D eigenvalue weighted by molar-refractivity contribution is -0.131. The molecule has 1 saturated heterocycles. The molecule has 1 unspecified atom stereocenters. The van der Waals surface area contributed by atoms with Crippen molar-refractivity contribution >= 4 is 28.6 Å². The van der Waals surface area contributed by atoms with Crippen molar-refractivity contribution in [3.63, 3.8) is 0 Å². The van der Waals surface area contributed by atoms with Crippen LogP contribution in [0.4, 0.5) is 0 Å². The summed E-state index contributed by atoms with van der Waals surface area (Å²) in [5.74, 6) is 2.08. The van der Waals surface area contributed by atoms with Crippen LogP contribution in [0.1, 0.15) is 26.7 Å². The fourth-order valence-electron chi connectivity index (χ4n) is 3.36. The van der Waals surface area contributed by atoms with Crippen LogP contribution in [-0.4, -0.2) is 39.1 Å². The lowest BCUT2D eigenvalue weighted by Gasteiger charge is -2.32. The molecule has 3 heterocycles. The maximum atomic E-state index is 12.9. The summed E-state index contributed by atoms with van der Waals surface area (Å²) in [6.07, 6.45) is 3.79. The number of nitrogens with zero attached hydrogens (tertiary/aromatic N) is 3. The first-order chi connectivity index (χ1) is 13.1. The molecule has 0 saturated carbocycles. The first-order valence-electron chi connectivity index (χ1n) is 9.38. The van der Waals surface area contributed by atoms with Crippen LogP contribution in [0.2, 0.25) is 0 Å². The van der Waals surface area contributed by atoms with E-state index in [0.717, 1.165) is 41.9 Å². The molecule has 1 amide bonds. The van der Waals surface area contributed by atoms with Crippen molar-refractivity contribution in [2.75, 3.05) is 13.1 Å². The molecule has 1 fully saturated rings. The Balaban J connectivity index is 1.61. The maximum Gasteiger partial charge on any atom is 0.235 e. The van der Waals surface area contributed by atoms with Crippen LogP contribution in [0.25, 0.3) is 22.5 Å². The number of hydrogen-bond donors (Lipinski definition) is 0. The molecule has 1 aromatic carbocycles. The average Bonchev–Trinajstić information content (AvgIpc) is 3.23. The van der Waals surface area contributed by atoms with Gasteiger partial charge in [-0.15, -0.1) is 0 Å². The third-order valence-corrected chi connectivity index (χ3v) is 6.13. The molecule has 2 aromatic heterocycles. The van der Waals surface area contributed by atoms with Crippen LogP contribution in [0, 0.1) is 5.92 Å². The zero-order valence-electron chi connectivity index (χ0n) is 15.6. The van der Waals surface area contributed by atoms with Gasteiger partial charge in [0.25, 0.3) is 0 Å². The fourth-order valence-corrected chi connectivity index (χ4v) is 4.38. The van der Waals surface area contributed by atoms with Crippen molar-refractivity contribution in [2.24, 2.45) is 5.92 Å². The molecule has 4 rings (SSSR count). The summed E-state index contributed by atoms with van der Waals surface area (Å²) in [7, 11) is 0. The number of hydrogen-bond acceptors (Lipinski definition) is 5. The molecule has 0 radical (unpaired) electrons. The summed E-state index contributed by atoms with van der Waals surface area (Å²) in [6.45, 7) is 5.93. The molecule has 3 aromatic rings. The van der Waals surface area contributed by atoms with Crippen molar-refractivity contribution in [1.29, 1.82) is 0 Å². The summed E-state index contributed by atoms with van der Waals surface area (Å²) < 4.78 is 5.47. The summed E-state index contributed by atoms with van der Waals surface area (Å²) in [6, 6.07) is 11.6. The number of thioether (sulfide) groups is 1. The largest absolute Gasteiger partial charge is 0.461 e. The molecule has 0 N–H and O–H groups in total. The number of piperidine rings is 1. The van der Waals surface area contributed by atoms with Gasteiger partial charge < -0.3 is 9.32 Å². The minimum atomic E-state index is -0.193. The van der Waals surface area contributed by atoms with E-state index in [4.69, 9.17) is 9.40 Å². The monoisotopic (exact) mass is 381 g/mol. The second kappa shape index (κ2) is 7.72. The van der Waals surface area contributed by atoms with Gasteiger partial charge in [0.2, 0.25) is 5.91 Å². The van der Waals surface area contributed by atoms with E-state index in [1.807, 2.05) is 48.2 Å². The first kappa shape index (κ1) is 18.0. The minimum absolute atomic E-state index is 0.189. The van der Waals surface area contributed by atoms with Crippen molar-refractivity contribution in [3.8, 4) is 11.6 Å². The summed E-state index contributed by atoms with van der Waals surface area (Å²) in [5, 5.41) is 1.59. The first-order valence-corrected chi connectivity index (χ1v) is 10.3. The number of carbonyl (C=O) groups excluding carboxylic acids is 1. The topological polar surface area (TPSA) is 59.2 Å². The molecule has 140 valence electrons. The highest BCUT2D eigenvalue weighted by atomic mass is 32.2. The van der Waals surface area contributed by atoms with Gasteiger partial charge in [-0.1, -0.05) is 36.9 Å². The van der Waals surface area contributed by atoms with E-state index >= 15 is 0 Å². The predicted molar refractivity (Wildman–Crippen MR) is 108 cm³/mol. The second-order valence-corrected chi connectivity index (χ2v) is 8.44. The van der Waals surface area contributed by atoms with Crippen LogP contribution in [-0.2, 0) is 4.79 Å². The van der Waals surface area contributed by atoms with Gasteiger partial charge in [0.15, 0.2) is 11.6 Å². The molecular formula is C21H23N3O2S. The van der Waals surface area contributed by atoms with Gasteiger partial charge in [0, 0.05) is 18.5 Å². The Morgan fingerprint density at radius 1 is 1.19 bits per heavy atom. The number of benzene rings is 1. The lowest BCUT2D eigenvalue weighted by Crippen LogP contribution is -2.41. The highest BCUT2D eigenvalue weighted by Gasteiger charge is 2.26. The van der Waals surface area contributed by atoms with E-state index in [1.54, 1.807) is 6.26 Å². The van der Waals surface area contributed by atoms with Gasteiger partial charge in [-0.05, 0) is 43.9 Å². The normalized spacial score (nSPS) is 16.6. The third-order valence-electron chi connectivity index (χ3n) is 5.04. The van der Waals surface area contributed by atoms with E-state index in [1.165, 1.54) is 11.8 Å². The SMILES string of the molecule is CC1CCN(C(=O)C(C)Sc2nc(-c3ccco3)nc3ccccc23)CC1. The van der Waals surface area contributed by atoms with Crippen LogP contribution >= 0.6 is 11.8 Å². The Morgan fingerprint density at radius 3 is 2.70 bits per heavy atom. The Bertz CT molecular complexity index is 934. The third kappa shape index (κ3) is 3.86. The van der Waals surface area contributed by atoms with Crippen LogP contribution in [0.15, 0.2) is 52.1 Å². The zero-order valence-corrected chi connectivity index (χ0v) is 16.4. The molecule has 1 aliphatic heterocycles. The predicted octanol–water partition coefficient (Wildman–Crippen LogP) is 4.63. The van der Waals surface area contributed by atoms with Crippen molar-refractivity contribution in [3.05, 3.63) is 42.7 Å². The highest BCUT2D eigenvalue weighted by Crippen LogP contribution is 2.32. The molecule has 0 spiro atoms. The maximum absolute atomic E-state index is 12.9. The van der Waals surface area contributed by atoms with Crippen molar-refractivity contribution in [1.82, 2.24) is 14.9 Å². The Labute approximate surface area is 163 Å². The number of fused-ring (bicyclic) bond motifs is 1. The van der Waals surface area contributed by atoms with Crippen LogP contribution in [0.3, 0.4) is 0 Å². The molecule has 1 aliphatic rings. The highest BCUT2D eigenvalue weighted by molar-refractivity contribution is 8.00. The van der Waals surface area contributed by atoms with Gasteiger partial charge in [-0.2, -0.15) is 0 Å². The number of likely N-dealkylation sites (tertiary alicyclic amines) is 1. The number of amides is 1. The Hall–Kier alpha value is -2.34. The molecular weight excluding hydrogens is 358 g/mol. The van der Waals surface area contributed by atoms with Crippen molar-refractivity contribution in [2.45, 2.75) is 37.0 Å². The molecule has 0 bridgehead atoms. The zero-order chi connectivity index (χ0) is 18.8. The molecule has 5 nitrogen and oxygen atoms in total. The number of furan rings is 1. The van der Waals surface area contributed by atoms with Gasteiger partial charge in [0.05, 0.1) is 17.0 Å². The fraction of sp³-hybridized carbons (Fsp3) is 0.381. The molecule has 0 aliphatic carbocycles. The van der Waals surface area contributed by atoms with Gasteiger partial charge in [-0.3, -0.25) is 4.79 Å². The van der Waals surface area contributed by atoms with Gasteiger partial charge in [-0.25, -0.2) is 9.97 Å². The Kier molecular flexibility index (Phi) is 5.16. The molecule has 1 atom stereocenters. The Morgan fingerprint density at radius 2 is 1.96 bits per heavy atom. The van der Waals surface area contributed by atoms with E-state index < -0.39 is 0 Å².